The molecule has 0 radical (unpaired) electrons. The van der Waals surface area contributed by atoms with Gasteiger partial charge in [0.1, 0.15) is 5.69 Å². The Kier molecular flexibility index (Phi) is 5.31. The predicted molar refractivity (Wildman–Crippen MR) is 75.0 cm³/mol. The van der Waals surface area contributed by atoms with E-state index in [0.29, 0.717) is 17.2 Å². The number of anilines is 1. The zero-order valence-electron chi connectivity index (χ0n) is 11.5. The van der Waals surface area contributed by atoms with Crippen LogP contribution in [0.4, 0.5) is 11.4 Å². The Labute approximate surface area is 113 Å². The number of hydrogen-bond acceptors (Lipinski definition) is 4. The van der Waals surface area contributed by atoms with Gasteiger partial charge in [-0.1, -0.05) is 26.7 Å². The number of benzene rings is 1. The van der Waals surface area contributed by atoms with Crippen molar-refractivity contribution in [3.63, 3.8) is 0 Å². The minimum Gasteiger partial charge on any atom is -0.377 e. The lowest BCUT2D eigenvalue weighted by Gasteiger charge is -2.23. The van der Waals surface area contributed by atoms with Gasteiger partial charge in [0, 0.05) is 12.1 Å². The lowest BCUT2D eigenvalue weighted by Crippen LogP contribution is -2.25. The largest absolute Gasteiger partial charge is 0.377 e. The van der Waals surface area contributed by atoms with Crippen LogP contribution in [0.5, 0.6) is 0 Å². The lowest BCUT2D eigenvalue weighted by molar-refractivity contribution is -0.384. The summed E-state index contributed by atoms with van der Waals surface area (Å²) in [5.74, 6) is 0.449. The number of nitro benzene ring substituents is 1. The van der Waals surface area contributed by atoms with Gasteiger partial charge < -0.3 is 5.32 Å². The van der Waals surface area contributed by atoms with Crippen LogP contribution < -0.4 is 5.32 Å². The van der Waals surface area contributed by atoms with Crippen molar-refractivity contribution in [1.29, 1.82) is 5.26 Å². The summed E-state index contributed by atoms with van der Waals surface area (Å²) in [5.41, 5.74) is 0.852. The van der Waals surface area contributed by atoms with Gasteiger partial charge in [0.25, 0.3) is 5.69 Å². The van der Waals surface area contributed by atoms with E-state index in [1.807, 2.05) is 13.0 Å². The Morgan fingerprint density at radius 2 is 2.05 bits per heavy atom. The Balaban J connectivity index is 3.04. The fourth-order valence-corrected chi connectivity index (χ4v) is 2.24. The molecule has 0 saturated carbocycles. The van der Waals surface area contributed by atoms with Crippen LogP contribution in [-0.2, 0) is 0 Å². The third-order valence-corrected chi connectivity index (χ3v) is 3.46. The van der Waals surface area contributed by atoms with Crippen LogP contribution in [0.3, 0.4) is 0 Å². The fraction of sp³-hybridized carbons (Fsp3) is 0.500. The average molecular weight is 261 g/mol. The van der Waals surface area contributed by atoms with Gasteiger partial charge >= 0.3 is 0 Å². The maximum atomic E-state index is 11.0. The molecule has 0 aromatic heterocycles. The Morgan fingerprint density at radius 1 is 1.42 bits per heavy atom. The molecule has 1 unspecified atom stereocenters. The molecule has 0 bridgehead atoms. The number of nitriles is 1. The van der Waals surface area contributed by atoms with Gasteiger partial charge in [-0.25, -0.2) is 0 Å². The highest BCUT2D eigenvalue weighted by atomic mass is 16.6. The van der Waals surface area contributed by atoms with E-state index in [1.54, 1.807) is 0 Å². The maximum Gasteiger partial charge on any atom is 0.292 e. The van der Waals surface area contributed by atoms with E-state index >= 15 is 0 Å². The summed E-state index contributed by atoms with van der Waals surface area (Å²) in [5, 5.41) is 23.0. The normalized spacial score (nSPS) is 11.9. The first kappa shape index (κ1) is 15.0. The molecule has 0 spiro atoms. The summed E-state index contributed by atoms with van der Waals surface area (Å²) in [6, 6.07) is 6.51. The highest BCUT2D eigenvalue weighted by molar-refractivity contribution is 5.64. The van der Waals surface area contributed by atoms with Crippen LogP contribution in [0.25, 0.3) is 0 Å². The van der Waals surface area contributed by atoms with Crippen molar-refractivity contribution in [3.8, 4) is 6.07 Å². The summed E-state index contributed by atoms with van der Waals surface area (Å²) in [6.45, 7) is 6.22. The molecule has 102 valence electrons. The lowest BCUT2D eigenvalue weighted by atomic mass is 9.95. The van der Waals surface area contributed by atoms with Crippen molar-refractivity contribution >= 4 is 11.4 Å². The summed E-state index contributed by atoms with van der Waals surface area (Å²) in [7, 11) is 0. The monoisotopic (exact) mass is 261 g/mol. The molecule has 0 aliphatic heterocycles. The van der Waals surface area contributed by atoms with Crippen LogP contribution >= 0.6 is 0 Å². The number of nitro groups is 1. The summed E-state index contributed by atoms with van der Waals surface area (Å²) < 4.78 is 0. The summed E-state index contributed by atoms with van der Waals surface area (Å²) >= 11 is 0. The molecule has 0 aliphatic rings. The Bertz CT molecular complexity index is 490. The van der Waals surface area contributed by atoms with Gasteiger partial charge in [-0.15, -0.1) is 0 Å². The van der Waals surface area contributed by atoms with Crippen molar-refractivity contribution in [2.75, 3.05) is 5.32 Å². The Morgan fingerprint density at radius 3 is 2.53 bits per heavy atom. The molecule has 0 amide bonds. The van der Waals surface area contributed by atoms with Crippen LogP contribution in [0.1, 0.15) is 39.2 Å². The van der Waals surface area contributed by atoms with Crippen molar-refractivity contribution < 1.29 is 4.92 Å². The first-order valence-electron chi connectivity index (χ1n) is 6.48. The van der Waals surface area contributed by atoms with Crippen LogP contribution in [0.2, 0.25) is 0 Å². The fourth-order valence-electron chi connectivity index (χ4n) is 2.24. The van der Waals surface area contributed by atoms with Crippen LogP contribution in [-0.4, -0.2) is 11.0 Å². The van der Waals surface area contributed by atoms with Gasteiger partial charge in [0.05, 0.1) is 16.6 Å². The number of nitrogens with zero attached hydrogens (tertiary/aromatic N) is 2. The molecule has 19 heavy (non-hydrogen) atoms. The second-order valence-corrected chi connectivity index (χ2v) is 4.61. The highest BCUT2D eigenvalue weighted by Crippen LogP contribution is 2.28. The topological polar surface area (TPSA) is 79.0 Å². The van der Waals surface area contributed by atoms with E-state index in [0.717, 1.165) is 12.8 Å². The van der Waals surface area contributed by atoms with Gasteiger partial charge in [0.15, 0.2) is 0 Å². The van der Waals surface area contributed by atoms with E-state index in [1.165, 1.54) is 18.2 Å². The van der Waals surface area contributed by atoms with Crippen molar-refractivity contribution in [2.45, 2.75) is 39.7 Å². The quantitative estimate of drug-likeness (QED) is 0.625. The minimum absolute atomic E-state index is 0.0109. The van der Waals surface area contributed by atoms with Gasteiger partial charge in [0.2, 0.25) is 0 Å². The second-order valence-electron chi connectivity index (χ2n) is 4.61. The number of rotatable bonds is 6. The minimum atomic E-state index is -0.427. The van der Waals surface area contributed by atoms with E-state index in [4.69, 9.17) is 5.26 Å². The molecular formula is C14H19N3O2. The average Bonchev–Trinajstić information content (AvgIpc) is 2.39. The second kappa shape index (κ2) is 6.74. The van der Waals surface area contributed by atoms with Crippen LogP contribution in [0, 0.1) is 27.4 Å². The molecule has 1 N–H and O–H groups in total. The van der Waals surface area contributed by atoms with Crippen molar-refractivity contribution in [3.05, 3.63) is 33.9 Å². The number of nitrogens with one attached hydrogen (secondary N) is 1. The molecule has 5 nitrogen and oxygen atoms in total. The third kappa shape index (κ3) is 3.68. The molecule has 1 aromatic rings. The van der Waals surface area contributed by atoms with E-state index in [-0.39, 0.29) is 11.7 Å². The Hall–Kier alpha value is -2.09. The van der Waals surface area contributed by atoms with Crippen LogP contribution in [0.15, 0.2) is 18.2 Å². The predicted octanol–water partition coefficient (Wildman–Crippen LogP) is 3.70. The molecule has 0 heterocycles. The van der Waals surface area contributed by atoms with Gasteiger partial charge in [-0.3, -0.25) is 10.1 Å². The SMILES string of the molecule is CCC(CC)C(C)Nc1cc(C#N)ccc1[N+](=O)[O-]. The van der Waals surface area contributed by atoms with E-state index in [9.17, 15) is 10.1 Å². The van der Waals surface area contributed by atoms with Gasteiger partial charge in [-0.05, 0) is 25.0 Å². The maximum absolute atomic E-state index is 11.0. The smallest absolute Gasteiger partial charge is 0.292 e. The molecule has 1 atom stereocenters. The first-order chi connectivity index (χ1) is 9.03. The summed E-state index contributed by atoms with van der Waals surface area (Å²) in [6.07, 6.45) is 2.02. The molecule has 1 rings (SSSR count). The van der Waals surface area contributed by atoms with Crippen molar-refractivity contribution in [2.24, 2.45) is 5.92 Å². The van der Waals surface area contributed by atoms with E-state index in [2.05, 4.69) is 19.2 Å². The molecule has 0 saturated heterocycles. The zero-order chi connectivity index (χ0) is 14.4. The third-order valence-electron chi connectivity index (χ3n) is 3.46. The summed E-state index contributed by atoms with van der Waals surface area (Å²) in [4.78, 5) is 10.6. The molecular weight excluding hydrogens is 242 g/mol. The molecule has 0 fully saturated rings. The first-order valence-corrected chi connectivity index (χ1v) is 6.48. The zero-order valence-corrected chi connectivity index (χ0v) is 11.5. The van der Waals surface area contributed by atoms with E-state index < -0.39 is 4.92 Å². The molecule has 0 aliphatic carbocycles. The highest BCUT2D eigenvalue weighted by Gasteiger charge is 2.19. The molecule has 1 aromatic carbocycles. The van der Waals surface area contributed by atoms with Crippen molar-refractivity contribution in [1.82, 2.24) is 0 Å². The van der Waals surface area contributed by atoms with Gasteiger partial charge in [-0.2, -0.15) is 5.26 Å². The standard InChI is InChI=1S/C14H19N3O2/c1-4-12(5-2)10(3)16-13-8-11(9-15)6-7-14(13)17(18)19/h6-8,10,12,16H,4-5H2,1-3H3. The number of hydrogen-bond donors (Lipinski definition) is 1. The molecule has 5 heteroatoms.